The average molecular weight is 294 g/mol. The van der Waals surface area contributed by atoms with Crippen LogP contribution in [0.4, 0.5) is 0 Å². The summed E-state index contributed by atoms with van der Waals surface area (Å²) in [4.78, 5) is 10.3. The molecule has 120 valence electrons. The molecule has 1 aliphatic heterocycles. The number of rotatable bonds is 13. The van der Waals surface area contributed by atoms with Crippen LogP contribution < -0.4 is 0 Å². The number of unbranched alkanes of at least 4 members (excludes halogenated alkanes) is 7. The van der Waals surface area contributed by atoms with Gasteiger partial charge in [-0.15, -0.1) is 0 Å². The van der Waals surface area contributed by atoms with Gasteiger partial charge < -0.3 is 9.84 Å². The Morgan fingerprint density at radius 3 is 2.67 bits per heavy atom. The van der Waals surface area contributed by atoms with Gasteiger partial charge in [0.05, 0.1) is 0 Å². The van der Waals surface area contributed by atoms with E-state index in [9.17, 15) is 4.79 Å². The number of epoxide rings is 1. The number of hydrogen-bond donors (Lipinski definition) is 1. The van der Waals surface area contributed by atoms with Crippen molar-refractivity contribution in [3.8, 4) is 0 Å². The predicted molar refractivity (Wildman–Crippen MR) is 86.2 cm³/mol. The Hall–Kier alpha value is -1.25. The zero-order valence-electron chi connectivity index (χ0n) is 13.4. The van der Waals surface area contributed by atoms with Crippen molar-refractivity contribution in [3.05, 3.63) is 24.0 Å². The summed E-state index contributed by atoms with van der Waals surface area (Å²) in [6.07, 6.45) is 18.6. The molecule has 1 saturated heterocycles. The molecule has 0 amide bonds. The van der Waals surface area contributed by atoms with Gasteiger partial charge in [0.25, 0.3) is 0 Å². The summed E-state index contributed by atoms with van der Waals surface area (Å²) in [5.41, 5.74) is 0. The van der Waals surface area contributed by atoms with Gasteiger partial charge >= 0.3 is 5.97 Å². The van der Waals surface area contributed by atoms with Crippen LogP contribution in [0.5, 0.6) is 0 Å². The molecule has 3 heteroatoms. The summed E-state index contributed by atoms with van der Waals surface area (Å²) in [6, 6.07) is 0. The number of ether oxygens (including phenoxy) is 1. The van der Waals surface area contributed by atoms with Crippen molar-refractivity contribution < 1.29 is 14.6 Å². The van der Waals surface area contributed by atoms with Crippen LogP contribution in [-0.2, 0) is 9.53 Å². The zero-order chi connectivity index (χ0) is 15.3. The largest absolute Gasteiger partial charge is 0.483 e. The van der Waals surface area contributed by atoms with Gasteiger partial charge in [-0.3, -0.25) is 4.79 Å². The first-order valence-electron chi connectivity index (χ1n) is 8.49. The van der Waals surface area contributed by atoms with E-state index in [0.717, 1.165) is 31.4 Å². The maximum absolute atomic E-state index is 10.3. The lowest BCUT2D eigenvalue weighted by molar-refractivity contribution is -0.137. The first-order valence-corrected chi connectivity index (χ1v) is 8.49. The van der Waals surface area contributed by atoms with Gasteiger partial charge in [-0.1, -0.05) is 51.2 Å². The fourth-order valence-electron chi connectivity index (χ4n) is 2.39. The number of carboxylic acids is 1. The van der Waals surface area contributed by atoms with Gasteiger partial charge in [-0.25, -0.2) is 0 Å². The lowest BCUT2D eigenvalue weighted by Gasteiger charge is -1.97. The van der Waals surface area contributed by atoms with Crippen molar-refractivity contribution in [2.75, 3.05) is 0 Å². The lowest BCUT2D eigenvalue weighted by Crippen LogP contribution is -1.93. The number of hydrogen-bond acceptors (Lipinski definition) is 2. The van der Waals surface area contributed by atoms with Gasteiger partial charge in [-0.05, 0) is 38.2 Å². The van der Waals surface area contributed by atoms with E-state index in [4.69, 9.17) is 9.84 Å². The van der Waals surface area contributed by atoms with Gasteiger partial charge in [0.15, 0.2) is 6.10 Å². The second-order valence-electron chi connectivity index (χ2n) is 5.80. The minimum atomic E-state index is -0.679. The normalized spacial score (nSPS) is 19.1. The van der Waals surface area contributed by atoms with Crippen LogP contribution in [0.1, 0.15) is 77.6 Å². The first-order chi connectivity index (χ1) is 10.2. The Labute approximate surface area is 129 Å². The highest BCUT2D eigenvalue weighted by atomic mass is 16.6. The predicted octanol–water partition coefficient (Wildman–Crippen LogP) is 5.22. The molecular formula is C18H30O3. The molecule has 0 aromatic heterocycles. The molecular weight excluding hydrogens is 264 g/mol. The van der Waals surface area contributed by atoms with Crippen LogP contribution in [-0.4, -0.2) is 17.2 Å². The third-order valence-electron chi connectivity index (χ3n) is 3.77. The summed E-state index contributed by atoms with van der Waals surface area (Å²) in [7, 11) is 0. The standard InChI is InChI=1S/C18H30O3/c1-2-3-10-13-16-17(21-16)14-11-8-6-4-5-7-9-12-15-18(19)20/h8,11,14,16H,2-7,9-10,12-13,15H2,1H3,(H,19,20)/b11-8+,17-14+/t16-/m0/s1. The molecule has 0 bridgehead atoms. The van der Waals surface area contributed by atoms with Crippen LogP contribution in [0.2, 0.25) is 0 Å². The maximum Gasteiger partial charge on any atom is 0.303 e. The summed E-state index contributed by atoms with van der Waals surface area (Å²) >= 11 is 0. The van der Waals surface area contributed by atoms with Crippen LogP contribution in [0.25, 0.3) is 0 Å². The Bertz CT molecular complexity index is 344. The molecule has 1 fully saturated rings. The van der Waals surface area contributed by atoms with Crippen LogP contribution in [0, 0.1) is 0 Å². The molecule has 0 aromatic rings. The van der Waals surface area contributed by atoms with E-state index < -0.39 is 5.97 Å². The third-order valence-corrected chi connectivity index (χ3v) is 3.77. The molecule has 0 radical (unpaired) electrons. The third kappa shape index (κ3) is 10.2. The summed E-state index contributed by atoms with van der Waals surface area (Å²) in [5, 5.41) is 8.52. The molecule has 0 unspecified atom stereocenters. The van der Waals surface area contributed by atoms with E-state index in [1.807, 2.05) is 0 Å². The van der Waals surface area contributed by atoms with E-state index in [1.165, 1.54) is 38.5 Å². The van der Waals surface area contributed by atoms with E-state index in [1.54, 1.807) is 0 Å². The zero-order valence-corrected chi connectivity index (χ0v) is 13.4. The molecule has 3 nitrogen and oxygen atoms in total. The van der Waals surface area contributed by atoms with E-state index in [2.05, 4.69) is 25.2 Å². The van der Waals surface area contributed by atoms with E-state index >= 15 is 0 Å². The van der Waals surface area contributed by atoms with Crippen molar-refractivity contribution in [2.24, 2.45) is 0 Å². The average Bonchev–Trinajstić information content (AvgIpc) is 3.19. The SMILES string of the molecule is CCCCC[C@@H]1O/C1=C/C=C/CCCCCCCC(=O)O. The lowest BCUT2D eigenvalue weighted by atomic mass is 10.1. The summed E-state index contributed by atoms with van der Waals surface area (Å²) in [5.74, 6) is 0.470. The summed E-state index contributed by atoms with van der Waals surface area (Å²) in [6.45, 7) is 2.22. The highest BCUT2D eigenvalue weighted by molar-refractivity contribution is 5.66. The second kappa shape index (κ2) is 11.4. The fourth-order valence-corrected chi connectivity index (χ4v) is 2.39. The topological polar surface area (TPSA) is 49.8 Å². The van der Waals surface area contributed by atoms with Crippen molar-refractivity contribution in [1.82, 2.24) is 0 Å². The molecule has 21 heavy (non-hydrogen) atoms. The maximum atomic E-state index is 10.3. The van der Waals surface area contributed by atoms with E-state index in [0.29, 0.717) is 12.5 Å². The number of carboxylic acid groups (broad SMARTS) is 1. The Balaban J connectivity index is 1.88. The van der Waals surface area contributed by atoms with E-state index in [-0.39, 0.29) is 0 Å². The number of allylic oxidation sites excluding steroid dienone is 3. The number of aliphatic carboxylic acids is 1. The highest BCUT2D eigenvalue weighted by Gasteiger charge is 2.30. The highest BCUT2D eigenvalue weighted by Crippen LogP contribution is 2.31. The smallest absolute Gasteiger partial charge is 0.303 e. The molecule has 0 spiro atoms. The first kappa shape index (κ1) is 17.8. The minimum absolute atomic E-state index is 0.312. The monoisotopic (exact) mass is 294 g/mol. The molecule has 0 aromatic carbocycles. The molecule has 0 aliphatic carbocycles. The molecule has 1 N–H and O–H groups in total. The Morgan fingerprint density at radius 1 is 1.14 bits per heavy atom. The quantitative estimate of drug-likeness (QED) is 0.374. The van der Waals surface area contributed by atoms with Gasteiger partial charge in [0.2, 0.25) is 0 Å². The van der Waals surface area contributed by atoms with Gasteiger partial charge in [-0.2, -0.15) is 0 Å². The van der Waals surface area contributed by atoms with Crippen molar-refractivity contribution in [3.63, 3.8) is 0 Å². The van der Waals surface area contributed by atoms with Gasteiger partial charge in [0, 0.05) is 6.42 Å². The summed E-state index contributed by atoms with van der Waals surface area (Å²) < 4.78 is 5.52. The Morgan fingerprint density at radius 2 is 1.90 bits per heavy atom. The number of carbonyl (C=O) groups is 1. The van der Waals surface area contributed by atoms with Gasteiger partial charge in [0.1, 0.15) is 5.76 Å². The van der Waals surface area contributed by atoms with Crippen molar-refractivity contribution >= 4 is 5.97 Å². The second-order valence-corrected chi connectivity index (χ2v) is 5.80. The van der Waals surface area contributed by atoms with Crippen molar-refractivity contribution in [1.29, 1.82) is 0 Å². The molecule has 1 atom stereocenters. The van der Waals surface area contributed by atoms with Crippen LogP contribution >= 0.6 is 0 Å². The van der Waals surface area contributed by atoms with Crippen LogP contribution in [0.15, 0.2) is 24.0 Å². The minimum Gasteiger partial charge on any atom is -0.483 e. The molecule has 0 saturated carbocycles. The Kier molecular flexibility index (Phi) is 9.68. The molecule has 1 heterocycles. The molecule has 1 aliphatic rings. The van der Waals surface area contributed by atoms with Crippen molar-refractivity contribution in [2.45, 2.75) is 83.7 Å². The molecule has 1 rings (SSSR count). The fraction of sp³-hybridized carbons (Fsp3) is 0.722. The van der Waals surface area contributed by atoms with Crippen LogP contribution in [0.3, 0.4) is 0 Å².